The van der Waals surface area contributed by atoms with E-state index >= 15 is 0 Å². The Morgan fingerprint density at radius 1 is 1.30 bits per heavy atom. The highest BCUT2D eigenvalue weighted by Crippen LogP contribution is 2.47. The highest BCUT2D eigenvalue weighted by atomic mass is 15.1. The molecule has 0 spiro atoms. The molecule has 2 aliphatic carbocycles. The minimum atomic E-state index is -0.170. The fourth-order valence-corrected chi connectivity index (χ4v) is 3.25. The van der Waals surface area contributed by atoms with Crippen LogP contribution < -0.4 is 10.6 Å². The lowest BCUT2D eigenvalue weighted by atomic mass is 9.80. The van der Waals surface area contributed by atoms with Crippen molar-refractivity contribution in [2.45, 2.75) is 44.1 Å². The van der Waals surface area contributed by atoms with E-state index in [4.69, 9.17) is 5.73 Å². The second-order valence-electron chi connectivity index (χ2n) is 6.38. The van der Waals surface area contributed by atoms with Gasteiger partial charge < -0.3 is 10.6 Å². The summed E-state index contributed by atoms with van der Waals surface area (Å²) in [6.07, 6.45) is 4.35. The average Bonchev–Trinajstić information content (AvgIpc) is 3.24. The second kappa shape index (κ2) is 5.10. The van der Waals surface area contributed by atoms with Gasteiger partial charge in [0.2, 0.25) is 0 Å². The molecule has 0 amide bonds. The molecule has 0 radical (unpaired) electrons. The van der Waals surface area contributed by atoms with Crippen LogP contribution in [0.5, 0.6) is 0 Å². The monoisotopic (exact) mass is 269 g/mol. The van der Waals surface area contributed by atoms with Gasteiger partial charge in [0.15, 0.2) is 0 Å². The first-order chi connectivity index (χ1) is 9.66. The Kier molecular flexibility index (Phi) is 3.43. The Bertz CT molecular complexity index is 504. The summed E-state index contributed by atoms with van der Waals surface area (Å²) in [5, 5.41) is 9.25. The van der Waals surface area contributed by atoms with E-state index < -0.39 is 0 Å². The Balaban J connectivity index is 1.68. The van der Waals surface area contributed by atoms with E-state index in [0.717, 1.165) is 44.7 Å². The Morgan fingerprint density at radius 3 is 2.40 bits per heavy atom. The van der Waals surface area contributed by atoms with Gasteiger partial charge in [-0.1, -0.05) is 12.1 Å². The lowest BCUT2D eigenvalue weighted by Crippen LogP contribution is -2.42. The predicted octanol–water partition coefficient (Wildman–Crippen LogP) is 2.81. The number of rotatable bonds is 5. The van der Waals surface area contributed by atoms with Crippen molar-refractivity contribution in [1.29, 1.82) is 5.26 Å². The maximum atomic E-state index is 9.25. The van der Waals surface area contributed by atoms with Crippen molar-refractivity contribution < 1.29 is 0 Å². The summed E-state index contributed by atoms with van der Waals surface area (Å²) in [5.41, 5.74) is 8.15. The van der Waals surface area contributed by atoms with Gasteiger partial charge in [0, 0.05) is 24.8 Å². The topological polar surface area (TPSA) is 53.0 Å². The van der Waals surface area contributed by atoms with Gasteiger partial charge in [-0.3, -0.25) is 0 Å². The highest BCUT2D eigenvalue weighted by molar-refractivity contribution is 5.51. The number of nitriles is 1. The van der Waals surface area contributed by atoms with E-state index in [0.29, 0.717) is 6.04 Å². The molecule has 0 saturated heterocycles. The summed E-state index contributed by atoms with van der Waals surface area (Å²) < 4.78 is 0. The number of hydrogen-bond donors (Lipinski definition) is 1. The second-order valence-corrected chi connectivity index (χ2v) is 6.38. The number of anilines is 1. The highest BCUT2D eigenvalue weighted by Gasteiger charge is 2.44. The first-order valence-corrected chi connectivity index (χ1v) is 7.69. The molecule has 0 atom stereocenters. The fraction of sp³-hybridized carbons (Fsp3) is 0.588. The molecule has 106 valence electrons. The number of nitrogens with zero attached hydrogens (tertiary/aromatic N) is 2. The van der Waals surface area contributed by atoms with Crippen LogP contribution in [-0.4, -0.2) is 19.1 Å². The standard InChI is InChI=1S/C17H23N3/c1-2-20(11-13-9-15(19)10-13)16-5-3-14(4-6-16)17(12-18)7-8-17/h3-6,13,15H,2,7-11,19H2,1H3. The smallest absolute Gasteiger partial charge is 0.0823 e. The molecule has 20 heavy (non-hydrogen) atoms. The molecule has 2 aliphatic rings. The molecular formula is C17H23N3. The van der Waals surface area contributed by atoms with Gasteiger partial charge in [0.25, 0.3) is 0 Å². The number of benzene rings is 1. The van der Waals surface area contributed by atoms with Crippen molar-refractivity contribution in [2.24, 2.45) is 11.7 Å². The first kappa shape index (κ1) is 13.5. The van der Waals surface area contributed by atoms with Crippen LogP contribution in [0.2, 0.25) is 0 Å². The van der Waals surface area contributed by atoms with E-state index in [1.807, 2.05) is 0 Å². The minimum Gasteiger partial charge on any atom is -0.372 e. The molecular weight excluding hydrogens is 246 g/mol. The van der Waals surface area contributed by atoms with Crippen LogP contribution >= 0.6 is 0 Å². The van der Waals surface area contributed by atoms with E-state index in [-0.39, 0.29) is 5.41 Å². The summed E-state index contributed by atoms with van der Waals surface area (Å²) in [5.74, 6) is 0.749. The summed E-state index contributed by atoms with van der Waals surface area (Å²) in [6.45, 7) is 4.32. The third-order valence-electron chi connectivity index (χ3n) is 4.88. The van der Waals surface area contributed by atoms with Crippen LogP contribution in [0.15, 0.2) is 24.3 Å². The van der Waals surface area contributed by atoms with Gasteiger partial charge in [-0.05, 0) is 56.2 Å². The number of hydrogen-bond acceptors (Lipinski definition) is 3. The quantitative estimate of drug-likeness (QED) is 0.894. The van der Waals surface area contributed by atoms with Crippen LogP contribution in [0, 0.1) is 17.2 Å². The lowest BCUT2D eigenvalue weighted by molar-refractivity contribution is 0.269. The summed E-state index contributed by atoms with van der Waals surface area (Å²) in [4.78, 5) is 2.42. The van der Waals surface area contributed by atoms with Crippen LogP contribution in [0.1, 0.15) is 38.2 Å². The molecule has 3 nitrogen and oxygen atoms in total. The fourth-order valence-electron chi connectivity index (χ4n) is 3.25. The predicted molar refractivity (Wildman–Crippen MR) is 81.6 cm³/mol. The zero-order chi connectivity index (χ0) is 14.2. The van der Waals surface area contributed by atoms with Crippen molar-refractivity contribution in [1.82, 2.24) is 0 Å². The maximum absolute atomic E-state index is 9.25. The van der Waals surface area contributed by atoms with E-state index in [2.05, 4.69) is 42.2 Å². The number of nitrogens with two attached hydrogens (primary N) is 1. The SMILES string of the molecule is CCN(CC1CC(N)C1)c1ccc(C2(C#N)CC2)cc1. The van der Waals surface area contributed by atoms with Crippen LogP contribution in [0.4, 0.5) is 5.69 Å². The molecule has 2 N–H and O–H groups in total. The molecule has 1 aromatic carbocycles. The summed E-state index contributed by atoms with van der Waals surface area (Å²) in [6, 6.07) is 11.5. The first-order valence-electron chi connectivity index (χ1n) is 7.69. The maximum Gasteiger partial charge on any atom is 0.0823 e. The largest absolute Gasteiger partial charge is 0.372 e. The van der Waals surface area contributed by atoms with Crippen molar-refractivity contribution >= 4 is 5.69 Å². The Labute approximate surface area is 121 Å². The van der Waals surface area contributed by atoms with Crippen LogP contribution in [-0.2, 0) is 5.41 Å². The van der Waals surface area contributed by atoms with Crippen LogP contribution in [0.3, 0.4) is 0 Å². The zero-order valence-corrected chi connectivity index (χ0v) is 12.2. The van der Waals surface area contributed by atoms with Crippen molar-refractivity contribution in [2.75, 3.05) is 18.0 Å². The molecule has 0 bridgehead atoms. The van der Waals surface area contributed by atoms with Gasteiger partial charge in [-0.2, -0.15) is 5.26 Å². The molecule has 0 aliphatic heterocycles. The lowest BCUT2D eigenvalue weighted by Gasteiger charge is -2.37. The zero-order valence-electron chi connectivity index (χ0n) is 12.2. The molecule has 2 fully saturated rings. The summed E-state index contributed by atoms with van der Waals surface area (Å²) >= 11 is 0. The van der Waals surface area contributed by atoms with Crippen molar-refractivity contribution in [3.8, 4) is 6.07 Å². The van der Waals surface area contributed by atoms with E-state index in [9.17, 15) is 5.26 Å². The van der Waals surface area contributed by atoms with E-state index in [1.165, 1.54) is 11.3 Å². The normalized spacial score (nSPS) is 26.4. The van der Waals surface area contributed by atoms with Gasteiger partial charge in [0.05, 0.1) is 11.5 Å². The van der Waals surface area contributed by atoms with E-state index in [1.54, 1.807) is 0 Å². The summed E-state index contributed by atoms with van der Waals surface area (Å²) in [7, 11) is 0. The molecule has 0 heterocycles. The minimum absolute atomic E-state index is 0.170. The van der Waals surface area contributed by atoms with Crippen molar-refractivity contribution in [3.63, 3.8) is 0 Å². The molecule has 2 saturated carbocycles. The third kappa shape index (κ3) is 2.41. The third-order valence-corrected chi connectivity index (χ3v) is 4.88. The molecule has 3 heteroatoms. The van der Waals surface area contributed by atoms with Crippen molar-refractivity contribution in [3.05, 3.63) is 29.8 Å². The Morgan fingerprint density at radius 2 is 1.95 bits per heavy atom. The van der Waals surface area contributed by atoms with Crippen LogP contribution in [0.25, 0.3) is 0 Å². The van der Waals surface area contributed by atoms with Gasteiger partial charge in [0.1, 0.15) is 0 Å². The van der Waals surface area contributed by atoms with Gasteiger partial charge in [-0.25, -0.2) is 0 Å². The van der Waals surface area contributed by atoms with Gasteiger partial charge >= 0.3 is 0 Å². The molecule has 0 aromatic heterocycles. The van der Waals surface area contributed by atoms with Gasteiger partial charge in [-0.15, -0.1) is 0 Å². The molecule has 0 unspecified atom stereocenters. The molecule has 3 rings (SSSR count). The average molecular weight is 269 g/mol. The molecule has 1 aromatic rings. The Hall–Kier alpha value is -1.53.